The molecule has 1 heterocycles. The Balaban J connectivity index is 1.07. The molecule has 0 bridgehead atoms. The van der Waals surface area contributed by atoms with Gasteiger partial charge in [0.1, 0.15) is 5.58 Å². The molecule has 10 rings (SSSR count). The average Bonchev–Trinajstić information content (AvgIpc) is 3.56. The fraction of sp³-hybridized carbons (Fsp3) is 0.137. The third-order valence-electron chi connectivity index (χ3n) is 11.3. The molecule has 0 saturated heterocycles. The van der Waals surface area contributed by atoms with E-state index in [9.17, 15) is 0 Å². The first-order chi connectivity index (χ1) is 25.7. The van der Waals surface area contributed by atoms with Crippen molar-refractivity contribution in [1.82, 2.24) is 0 Å². The van der Waals surface area contributed by atoms with Gasteiger partial charge in [0, 0.05) is 22.1 Å². The Hall–Kier alpha value is -6.12. The monoisotopic (exact) mass is 683 g/mol. The Morgan fingerprint density at radius 1 is 0.491 bits per heavy atom. The number of hydrogen-bond donors (Lipinski definition) is 0. The van der Waals surface area contributed by atoms with Gasteiger partial charge in [0.2, 0.25) is 0 Å². The molecule has 53 heavy (non-hydrogen) atoms. The lowest BCUT2D eigenvalue weighted by molar-refractivity contribution is 0.590. The van der Waals surface area contributed by atoms with E-state index in [2.05, 4.69) is 185 Å². The lowest BCUT2D eigenvalue weighted by Crippen LogP contribution is -2.10. The van der Waals surface area contributed by atoms with Crippen LogP contribution in [-0.2, 0) is 5.41 Å². The lowest BCUT2D eigenvalue weighted by atomic mass is 9.77. The molecule has 0 N–H and O–H groups in total. The van der Waals surface area contributed by atoms with E-state index in [0.29, 0.717) is 5.92 Å². The second-order valence-electron chi connectivity index (χ2n) is 16.1. The van der Waals surface area contributed by atoms with E-state index in [0.717, 1.165) is 39.0 Å². The van der Waals surface area contributed by atoms with Crippen molar-refractivity contribution in [2.24, 2.45) is 0 Å². The van der Waals surface area contributed by atoms with Crippen LogP contribution in [0.3, 0.4) is 0 Å². The molecule has 0 radical (unpaired) electrons. The summed E-state index contributed by atoms with van der Waals surface area (Å²) < 4.78 is 6.59. The van der Waals surface area contributed by atoms with Crippen molar-refractivity contribution in [3.8, 4) is 33.4 Å². The molecule has 2 nitrogen and oxygen atoms in total. The Morgan fingerprint density at radius 2 is 1.08 bits per heavy atom. The van der Waals surface area contributed by atoms with Crippen LogP contribution < -0.4 is 4.90 Å². The average molecular weight is 684 g/mol. The van der Waals surface area contributed by atoms with Gasteiger partial charge in [0.05, 0.1) is 5.69 Å². The van der Waals surface area contributed by atoms with Gasteiger partial charge in [-0.15, -0.1) is 0 Å². The van der Waals surface area contributed by atoms with Crippen molar-refractivity contribution in [3.63, 3.8) is 0 Å². The van der Waals surface area contributed by atoms with Crippen molar-refractivity contribution in [2.45, 2.75) is 46.0 Å². The maximum Gasteiger partial charge on any atom is 0.159 e. The van der Waals surface area contributed by atoms with E-state index in [1.807, 2.05) is 6.07 Å². The largest absolute Gasteiger partial charge is 0.454 e. The van der Waals surface area contributed by atoms with E-state index >= 15 is 0 Å². The molecule has 9 aromatic rings. The van der Waals surface area contributed by atoms with E-state index in [-0.39, 0.29) is 5.41 Å². The summed E-state index contributed by atoms with van der Waals surface area (Å²) in [5, 5.41) is 7.27. The van der Waals surface area contributed by atoms with Crippen LogP contribution >= 0.6 is 0 Å². The summed E-state index contributed by atoms with van der Waals surface area (Å²) in [6.07, 6.45) is 0. The fourth-order valence-electron chi connectivity index (χ4n) is 8.24. The van der Waals surface area contributed by atoms with Crippen molar-refractivity contribution >= 4 is 60.5 Å². The van der Waals surface area contributed by atoms with E-state index in [1.165, 1.54) is 66.1 Å². The SMILES string of the molecule is CC(C)c1ccc(N(c2ccc3cc4c(cc3c2)-c2cc3cc(-c5ccc(C(C)(C)C)cc5)ccc3cc2-4)c2cccc3c2oc2ccccc23)cc1. The topological polar surface area (TPSA) is 16.4 Å². The minimum atomic E-state index is 0.141. The number of nitrogens with zero attached hydrogens (tertiary/aromatic N) is 1. The molecule has 8 aromatic carbocycles. The molecule has 2 heteroatoms. The van der Waals surface area contributed by atoms with Crippen LogP contribution in [0, 0.1) is 0 Å². The van der Waals surface area contributed by atoms with Gasteiger partial charge in [-0.3, -0.25) is 0 Å². The second-order valence-corrected chi connectivity index (χ2v) is 16.1. The van der Waals surface area contributed by atoms with Crippen molar-refractivity contribution in [2.75, 3.05) is 4.90 Å². The molecule has 256 valence electrons. The molecule has 1 aromatic heterocycles. The smallest absolute Gasteiger partial charge is 0.159 e. The minimum Gasteiger partial charge on any atom is -0.454 e. The van der Waals surface area contributed by atoms with Gasteiger partial charge in [-0.1, -0.05) is 120 Å². The predicted molar refractivity (Wildman–Crippen MR) is 226 cm³/mol. The quantitative estimate of drug-likeness (QED) is 0.180. The highest BCUT2D eigenvalue weighted by Crippen LogP contribution is 2.51. The molecule has 0 saturated carbocycles. The fourth-order valence-corrected chi connectivity index (χ4v) is 8.24. The summed E-state index contributed by atoms with van der Waals surface area (Å²) in [5.74, 6) is 0.460. The molecule has 0 atom stereocenters. The number of para-hydroxylation sites is 2. The third-order valence-corrected chi connectivity index (χ3v) is 11.3. The van der Waals surface area contributed by atoms with Crippen LogP contribution in [-0.4, -0.2) is 0 Å². The van der Waals surface area contributed by atoms with Gasteiger partial charge in [-0.25, -0.2) is 0 Å². The molecule has 0 unspecified atom stereocenters. The highest BCUT2D eigenvalue weighted by atomic mass is 16.3. The summed E-state index contributed by atoms with van der Waals surface area (Å²) in [6.45, 7) is 11.3. The van der Waals surface area contributed by atoms with Crippen molar-refractivity contribution in [1.29, 1.82) is 0 Å². The normalized spacial score (nSPS) is 12.4. The molecular formula is C51H41NO. The first kappa shape index (κ1) is 31.6. The Bertz CT molecular complexity index is 2880. The summed E-state index contributed by atoms with van der Waals surface area (Å²) in [7, 11) is 0. The van der Waals surface area contributed by atoms with Gasteiger partial charge < -0.3 is 9.32 Å². The molecule has 1 aliphatic rings. The van der Waals surface area contributed by atoms with Crippen LogP contribution in [0.1, 0.15) is 51.7 Å². The zero-order valence-electron chi connectivity index (χ0n) is 30.9. The van der Waals surface area contributed by atoms with Gasteiger partial charge in [0.15, 0.2) is 5.58 Å². The van der Waals surface area contributed by atoms with E-state index in [4.69, 9.17) is 4.42 Å². The predicted octanol–water partition coefficient (Wildman–Crippen LogP) is 15.1. The number of anilines is 3. The number of benzene rings is 8. The minimum absolute atomic E-state index is 0.141. The summed E-state index contributed by atoms with van der Waals surface area (Å²) in [5.41, 5.74) is 15.7. The Morgan fingerprint density at radius 3 is 1.75 bits per heavy atom. The highest BCUT2D eigenvalue weighted by Gasteiger charge is 2.25. The Labute approximate surface area is 310 Å². The molecule has 0 aliphatic heterocycles. The van der Waals surface area contributed by atoms with Crippen LogP contribution in [0.4, 0.5) is 17.1 Å². The van der Waals surface area contributed by atoms with Crippen molar-refractivity contribution in [3.05, 3.63) is 163 Å². The molecular weight excluding hydrogens is 643 g/mol. The third kappa shape index (κ3) is 5.16. The zero-order chi connectivity index (χ0) is 36.0. The highest BCUT2D eigenvalue weighted by molar-refractivity contribution is 6.13. The standard InChI is InChI=1S/C51H41NO/c1-31(2)32-17-22-40(23-18-32)52(48-11-8-10-43-42-9-6-7-12-49(42)53-50(43)48)41-24-19-36-28-45-44-27-35-14-13-34(33-15-20-39(21-16-33)51(3,4)5)25-37(35)29-46(44)47(45)30-38(36)26-41/h6-31H,1-5H3. The van der Waals surface area contributed by atoms with Crippen LogP contribution in [0.25, 0.3) is 76.9 Å². The Kier molecular flexibility index (Phi) is 6.98. The zero-order valence-corrected chi connectivity index (χ0v) is 30.9. The van der Waals surface area contributed by atoms with Gasteiger partial charge in [-0.2, -0.15) is 0 Å². The molecule has 0 amide bonds. The molecule has 0 spiro atoms. The van der Waals surface area contributed by atoms with E-state index in [1.54, 1.807) is 0 Å². The number of rotatable bonds is 5. The molecule has 1 aliphatic carbocycles. The van der Waals surface area contributed by atoms with Crippen LogP contribution in [0.2, 0.25) is 0 Å². The van der Waals surface area contributed by atoms with Gasteiger partial charge in [0.25, 0.3) is 0 Å². The first-order valence-electron chi connectivity index (χ1n) is 18.8. The number of fused-ring (bicyclic) bond motifs is 9. The first-order valence-corrected chi connectivity index (χ1v) is 18.8. The summed E-state index contributed by atoms with van der Waals surface area (Å²) in [6, 6.07) is 56.1. The van der Waals surface area contributed by atoms with Crippen molar-refractivity contribution < 1.29 is 4.42 Å². The maximum atomic E-state index is 6.59. The number of hydrogen-bond acceptors (Lipinski definition) is 2. The summed E-state index contributed by atoms with van der Waals surface area (Å²) in [4.78, 5) is 2.35. The van der Waals surface area contributed by atoms with E-state index < -0.39 is 0 Å². The lowest BCUT2D eigenvalue weighted by Gasteiger charge is -2.28. The second kappa shape index (κ2) is 11.7. The number of furan rings is 1. The maximum absolute atomic E-state index is 6.59. The van der Waals surface area contributed by atoms with Crippen LogP contribution in [0.15, 0.2) is 156 Å². The summed E-state index contributed by atoms with van der Waals surface area (Å²) >= 11 is 0. The van der Waals surface area contributed by atoms with Gasteiger partial charge in [-0.05, 0) is 144 Å². The van der Waals surface area contributed by atoms with Crippen LogP contribution in [0.5, 0.6) is 0 Å². The van der Waals surface area contributed by atoms with Gasteiger partial charge >= 0.3 is 0 Å². The molecule has 0 fully saturated rings.